The first kappa shape index (κ1) is 10.3. The minimum atomic E-state index is 0.0515. The second kappa shape index (κ2) is 3.67. The molecule has 3 heteroatoms. The minimum Gasteiger partial charge on any atom is -0.391 e. The number of ketones is 1. The third kappa shape index (κ3) is 1.30. The predicted octanol–water partition coefficient (Wildman–Crippen LogP) is 2.67. The van der Waals surface area contributed by atoms with Crippen LogP contribution in [0.15, 0.2) is 35.5 Å². The number of rotatable bonds is 2. The van der Waals surface area contributed by atoms with Crippen LogP contribution in [0.1, 0.15) is 29.6 Å². The van der Waals surface area contributed by atoms with Crippen LogP contribution in [0.5, 0.6) is 0 Å². The Morgan fingerprint density at radius 3 is 2.78 bits per heavy atom. The van der Waals surface area contributed by atoms with E-state index in [1.54, 1.807) is 0 Å². The fourth-order valence-corrected chi connectivity index (χ4v) is 3.88. The lowest BCUT2D eigenvalue weighted by atomic mass is 9.81. The summed E-state index contributed by atoms with van der Waals surface area (Å²) in [6.45, 7) is 0. The number of benzene rings is 1. The number of nitrogens with zero attached hydrogens (tertiary/aromatic N) is 1. The summed E-state index contributed by atoms with van der Waals surface area (Å²) in [5, 5.41) is 4.10. The second-order valence-electron chi connectivity index (χ2n) is 5.60. The Kier molecular flexibility index (Phi) is 2.10. The maximum Gasteiger partial charge on any atom is 0.211 e. The van der Waals surface area contributed by atoms with Crippen LogP contribution in [-0.2, 0) is 4.84 Å². The highest BCUT2D eigenvalue weighted by Crippen LogP contribution is 2.52. The van der Waals surface area contributed by atoms with Crippen molar-refractivity contribution in [3.8, 4) is 0 Å². The zero-order chi connectivity index (χ0) is 12.1. The van der Waals surface area contributed by atoms with Gasteiger partial charge < -0.3 is 4.84 Å². The molecule has 0 aromatic heterocycles. The van der Waals surface area contributed by atoms with Gasteiger partial charge in [0.15, 0.2) is 0 Å². The molecule has 4 rings (SSSR count). The number of carbonyl (C=O) groups excluding carboxylic acids is 1. The summed E-state index contributed by atoms with van der Waals surface area (Å²) in [7, 11) is 0. The standard InChI is InChI=1S/C15H15NO2/c17-14(9-4-2-1-3-5-9)13-12-10-6-7-11(8-10)15(12)18-16-13/h1-5,10-12,15H,6-8H2/t10-,11-,12-,15-/m0/s1. The molecular formula is C15H15NO2. The van der Waals surface area contributed by atoms with E-state index in [0.717, 1.165) is 5.56 Å². The Hall–Kier alpha value is -1.64. The van der Waals surface area contributed by atoms with E-state index in [1.807, 2.05) is 30.3 Å². The van der Waals surface area contributed by atoms with Gasteiger partial charge in [0.25, 0.3) is 0 Å². The number of hydrogen-bond acceptors (Lipinski definition) is 3. The predicted molar refractivity (Wildman–Crippen MR) is 67.4 cm³/mol. The first-order valence-corrected chi connectivity index (χ1v) is 6.68. The second-order valence-corrected chi connectivity index (χ2v) is 5.60. The van der Waals surface area contributed by atoms with E-state index in [2.05, 4.69) is 5.16 Å². The molecule has 2 saturated carbocycles. The van der Waals surface area contributed by atoms with Gasteiger partial charge in [-0.15, -0.1) is 0 Å². The van der Waals surface area contributed by atoms with Crippen molar-refractivity contribution in [1.82, 2.24) is 0 Å². The van der Waals surface area contributed by atoms with Crippen molar-refractivity contribution in [2.24, 2.45) is 22.9 Å². The molecule has 0 saturated heterocycles. The van der Waals surface area contributed by atoms with Gasteiger partial charge in [-0.1, -0.05) is 35.5 Å². The van der Waals surface area contributed by atoms with Crippen molar-refractivity contribution in [3.05, 3.63) is 35.9 Å². The maximum absolute atomic E-state index is 12.5. The van der Waals surface area contributed by atoms with Gasteiger partial charge in [-0.05, 0) is 31.1 Å². The highest BCUT2D eigenvalue weighted by Gasteiger charge is 2.55. The van der Waals surface area contributed by atoms with Crippen molar-refractivity contribution < 1.29 is 9.63 Å². The summed E-state index contributed by atoms with van der Waals surface area (Å²) in [6, 6.07) is 9.41. The van der Waals surface area contributed by atoms with E-state index < -0.39 is 0 Å². The molecule has 3 aliphatic rings. The third-order valence-electron chi connectivity index (χ3n) is 4.70. The molecule has 1 heterocycles. The molecule has 0 amide bonds. The Morgan fingerprint density at radius 2 is 1.94 bits per heavy atom. The number of hydrogen-bond donors (Lipinski definition) is 0. The average molecular weight is 241 g/mol. The SMILES string of the molecule is O=C(C1=NO[C@H]2[C@H]3CC[C@@H](C3)[C@@H]12)c1ccccc1. The first-order chi connectivity index (χ1) is 8.84. The van der Waals surface area contributed by atoms with E-state index in [-0.39, 0.29) is 17.8 Å². The van der Waals surface area contributed by atoms with E-state index >= 15 is 0 Å². The van der Waals surface area contributed by atoms with Gasteiger partial charge in [-0.3, -0.25) is 4.79 Å². The summed E-state index contributed by atoms with van der Waals surface area (Å²) in [4.78, 5) is 18.0. The van der Waals surface area contributed by atoms with Gasteiger partial charge in [0.05, 0.1) is 5.92 Å². The molecule has 0 radical (unpaired) electrons. The normalized spacial score (nSPS) is 36.1. The van der Waals surface area contributed by atoms with Crippen LogP contribution in [-0.4, -0.2) is 17.6 Å². The molecule has 1 aromatic carbocycles. The molecule has 1 aromatic rings. The van der Waals surface area contributed by atoms with Crippen LogP contribution in [0, 0.1) is 17.8 Å². The van der Waals surface area contributed by atoms with Crippen LogP contribution in [0.25, 0.3) is 0 Å². The molecule has 2 aliphatic carbocycles. The van der Waals surface area contributed by atoms with E-state index in [1.165, 1.54) is 19.3 Å². The molecule has 4 atom stereocenters. The zero-order valence-electron chi connectivity index (χ0n) is 10.1. The molecule has 3 nitrogen and oxygen atoms in total. The molecule has 0 N–H and O–H groups in total. The lowest BCUT2D eigenvalue weighted by Crippen LogP contribution is -2.33. The van der Waals surface area contributed by atoms with Gasteiger partial charge in [0, 0.05) is 5.56 Å². The summed E-state index contributed by atoms with van der Waals surface area (Å²) >= 11 is 0. The summed E-state index contributed by atoms with van der Waals surface area (Å²) in [5.41, 5.74) is 1.39. The first-order valence-electron chi connectivity index (χ1n) is 6.68. The Morgan fingerprint density at radius 1 is 1.17 bits per heavy atom. The summed E-state index contributed by atoms with van der Waals surface area (Å²) in [5.74, 6) is 1.56. The Bertz CT molecular complexity index is 523. The van der Waals surface area contributed by atoms with E-state index in [9.17, 15) is 4.79 Å². The average Bonchev–Trinajstić information content (AvgIpc) is 3.11. The van der Waals surface area contributed by atoms with Crippen molar-refractivity contribution >= 4 is 11.5 Å². The number of fused-ring (bicyclic) bond motifs is 5. The van der Waals surface area contributed by atoms with Crippen LogP contribution >= 0.6 is 0 Å². The summed E-state index contributed by atoms with van der Waals surface area (Å²) < 4.78 is 0. The van der Waals surface area contributed by atoms with Crippen LogP contribution in [0.2, 0.25) is 0 Å². The molecule has 2 fully saturated rings. The van der Waals surface area contributed by atoms with Crippen LogP contribution in [0.4, 0.5) is 0 Å². The largest absolute Gasteiger partial charge is 0.391 e. The lowest BCUT2D eigenvalue weighted by Gasteiger charge is -2.22. The van der Waals surface area contributed by atoms with Gasteiger partial charge in [0.2, 0.25) is 5.78 Å². The van der Waals surface area contributed by atoms with E-state index in [0.29, 0.717) is 17.5 Å². The van der Waals surface area contributed by atoms with Gasteiger partial charge in [-0.2, -0.15) is 0 Å². The molecule has 1 aliphatic heterocycles. The van der Waals surface area contributed by atoms with Crippen LogP contribution in [0.3, 0.4) is 0 Å². The minimum absolute atomic E-state index is 0.0515. The lowest BCUT2D eigenvalue weighted by molar-refractivity contribution is 0.0275. The highest BCUT2D eigenvalue weighted by atomic mass is 16.6. The fourth-order valence-electron chi connectivity index (χ4n) is 3.88. The summed E-state index contributed by atoms with van der Waals surface area (Å²) in [6.07, 6.45) is 3.88. The molecule has 0 spiro atoms. The third-order valence-corrected chi connectivity index (χ3v) is 4.70. The van der Waals surface area contributed by atoms with Crippen molar-refractivity contribution in [2.45, 2.75) is 25.4 Å². The number of carbonyl (C=O) groups is 1. The number of Topliss-reactive ketones (excluding diaryl/α,β-unsaturated/α-hetero) is 1. The quantitative estimate of drug-likeness (QED) is 0.747. The Balaban J connectivity index is 1.65. The van der Waals surface area contributed by atoms with Gasteiger partial charge in [-0.25, -0.2) is 0 Å². The highest BCUT2D eigenvalue weighted by molar-refractivity contribution is 6.47. The molecule has 0 unspecified atom stereocenters. The monoisotopic (exact) mass is 241 g/mol. The Labute approximate surface area is 106 Å². The zero-order valence-corrected chi connectivity index (χ0v) is 10.1. The van der Waals surface area contributed by atoms with Crippen molar-refractivity contribution in [1.29, 1.82) is 0 Å². The van der Waals surface area contributed by atoms with Gasteiger partial charge in [0.1, 0.15) is 11.8 Å². The molecule has 92 valence electrons. The maximum atomic E-state index is 12.5. The molecule has 18 heavy (non-hydrogen) atoms. The van der Waals surface area contributed by atoms with Crippen LogP contribution < -0.4 is 0 Å². The smallest absolute Gasteiger partial charge is 0.211 e. The van der Waals surface area contributed by atoms with Crippen molar-refractivity contribution in [3.63, 3.8) is 0 Å². The fraction of sp³-hybridized carbons (Fsp3) is 0.467. The molecule has 2 bridgehead atoms. The number of oxime groups is 1. The topological polar surface area (TPSA) is 38.7 Å². The van der Waals surface area contributed by atoms with E-state index in [4.69, 9.17) is 4.84 Å². The van der Waals surface area contributed by atoms with Gasteiger partial charge >= 0.3 is 0 Å². The molecular weight excluding hydrogens is 226 g/mol. The van der Waals surface area contributed by atoms with Crippen molar-refractivity contribution in [2.75, 3.05) is 0 Å².